The van der Waals surface area contributed by atoms with Gasteiger partial charge in [0.15, 0.2) is 5.60 Å². The third-order valence-electron chi connectivity index (χ3n) is 10.5. The first-order chi connectivity index (χ1) is 24.4. The van der Waals surface area contributed by atoms with E-state index in [0.717, 1.165) is 29.4 Å². The van der Waals surface area contributed by atoms with Crippen LogP contribution in [0.5, 0.6) is 5.75 Å². The van der Waals surface area contributed by atoms with Gasteiger partial charge in [0, 0.05) is 41.7 Å². The van der Waals surface area contributed by atoms with Crippen LogP contribution in [-0.4, -0.2) is 92.4 Å². The van der Waals surface area contributed by atoms with Gasteiger partial charge in [0.05, 0.1) is 41.1 Å². The minimum Gasteiger partial charge on any atom is -0.458 e. The Balaban J connectivity index is 1.26. The van der Waals surface area contributed by atoms with E-state index in [1.54, 1.807) is 39.5 Å². The number of cyclic esters (lactones) is 1. The maximum atomic E-state index is 13.9. The number of benzene rings is 1. The van der Waals surface area contributed by atoms with Crippen molar-refractivity contribution >= 4 is 29.1 Å². The lowest BCUT2D eigenvalue weighted by Crippen LogP contribution is -2.60. The summed E-state index contributed by atoms with van der Waals surface area (Å²) in [6.45, 7) is 14.8. The van der Waals surface area contributed by atoms with Crippen molar-refractivity contribution in [3.8, 4) is 17.1 Å². The van der Waals surface area contributed by atoms with Crippen LogP contribution in [-0.2, 0) is 39.6 Å². The maximum Gasteiger partial charge on any atom is 0.415 e. The van der Waals surface area contributed by atoms with Crippen molar-refractivity contribution in [2.45, 2.75) is 111 Å². The largest absolute Gasteiger partial charge is 0.458 e. The summed E-state index contributed by atoms with van der Waals surface area (Å²) in [5, 5.41) is 12.0. The van der Waals surface area contributed by atoms with Crippen molar-refractivity contribution in [3.63, 3.8) is 0 Å². The third-order valence-corrected chi connectivity index (χ3v) is 10.5. The van der Waals surface area contributed by atoms with E-state index in [0.29, 0.717) is 48.2 Å². The van der Waals surface area contributed by atoms with E-state index in [1.165, 1.54) is 0 Å². The molecule has 3 atom stereocenters. The molecular formula is C39H51N5O8. The molecule has 0 aliphatic carbocycles. The highest BCUT2D eigenvalue weighted by molar-refractivity contribution is 5.90. The number of aliphatic hydroxyl groups is 1. The number of hydrogen-bond donors (Lipinski definition) is 1. The van der Waals surface area contributed by atoms with E-state index < -0.39 is 23.3 Å². The first-order valence-electron chi connectivity index (χ1n) is 18.2. The Bertz CT molecular complexity index is 1980. The third kappa shape index (κ3) is 6.76. The van der Waals surface area contributed by atoms with Crippen LogP contribution in [0.15, 0.2) is 29.1 Å². The Morgan fingerprint density at radius 3 is 2.44 bits per heavy atom. The fraction of sp³-hybridized carbons (Fsp3) is 0.564. The van der Waals surface area contributed by atoms with Crippen molar-refractivity contribution in [2.24, 2.45) is 5.92 Å². The molecule has 1 N–H and O–H groups in total. The molecule has 3 aliphatic rings. The molecule has 0 spiro atoms. The molecule has 0 saturated carbocycles. The van der Waals surface area contributed by atoms with Crippen molar-refractivity contribution in [1.29, 1.82) is 0 Å². The van der Waals surface area contributed by atoms with Crippen molar-refractivity contribution in [2.75, 3.05) is 27.2 Å². The van der Waals surface area contributed by atoms with E-state index in [2.05, 4.69) is 13.8 Å². The smallest absolute Gasteiger partial charge is 0.415 e. The van der Waals surface area contributed by atoms with Gasteiger partial charge in [-0.15, -0.1) is 0 Å². The highest BCUT2D eigenvalue weighted by atomic mass is 16.6. The van der Waals surface area contributed by atoms with Crippen LogP contribution in [0.2, 0.25) is 0 Å². The predicted molar refractivity (Wildman–Crippen MR) is 195 cm³/mol. The zero-order valence-electron chi connectivity index (χ0n) is 31.7. The van der Waals surface area contributed by atoms with Crippen LogP contribution in [0.1, 0.15) is 90.0 Å². The lowest BCUT2D eigenvalue weighted by Gasteiger charge is -2.43. The van der Waals surface area contributed by atoms with Gasteiger partial charge in [-0.2, -0.15) is 0 Å². The molecule has 0 unspecified atom stereocenters. The van der Waals surface area contributed by atoms with Gasteiger partial charge in [0.1, 0.15) is 18.0 Å². The highest BCUT2D eigenvalue weighted by Crippen LogP contribution is 2.40. The Morgan fingerprint density at radius 1 is 1.12 bits per heavy atom. The number of carbonyl (C=O) groups excluding carboxylic acids is 3. The van der Waals surface area contributed by atoms with Crippen molar-refractivity contribution in [3.05, 3.63) is 56.9 Å². The number of nitrogens with zero attached hydrogens (tertiary/aromatic N) is 5. The molecule has 0 radical (unpaired) electrons. The molecule has 2 amide bonds. The quantitative estimate of drug-likeness (QED) is 0.236. The number of hydrogen-bond acceptors (Lipinski definition) is 10. The molecule has 13 heteroatoms. The summed E-state index contributed by atoms with van der Waals surface area (Å²) in [5.74, 6) is 0.137. The van der Waals surface area contributed by atoms with Gasteiger partial charge in [0.25, 0.3) is 5.56 Å². The van der Waals surface area contributed by atoms with Crippen LogP contribution < -0.4 is 10.3 Å². The molecule has 1 saturated heterocycles. The molecule has 3 aliphatic heterocycles. The number of amides is 2. The van der Waals surface area contributed by atoms with Crippen LogP contribution in [0.4, 0.5) is 9.59 Å². The number of fused-ring (bicyclic) bond motifs is 5. The average molecular weight is 718 g/mol. The second-order valence-corrected chi connectivity index (χ2v) is 15.9. The summed E-state index contributed by atoms with van der Waals surface area (Å²) in [4.78, 5) is 63.6. The van der Waals surface area contributed by atoms with E-state index in [4.69, 9.17) is 19.2 Å². The molecule has 280 valence electrons. The Hall–Kier alpha value is -4.49. The predicted octanol–water partition coefficient (Wildman–Crippen LogP) is 5.39. The zero-order chi connectivity index (χ0) is 37.9. The number of ether oxygens (including phenoxy) is 3. The SMILES string of the molecule is CC[C@@]1(O)C(=O)OCc2c1cc1n(c2=O)Cc2cc3c(CN(C)C)c(OC(=O)N4[C@H](C)CN(C(=O)OC(C)(C)CCC(C)C)C[C@H]4C)ccc3nc2-1. The first kappa shape index (κ1) is 37.3. The molecule has 6 rings (SSSR count). The molecule has 3 aromatic rings. The molecule has 52 heavy (non-hydrogen) atoms. The van der Waals surface area contributed by atoms with Gasteiger partial charge in [-0.1, -0.05) is 20.8 Å². The number of pyridine rings is 2. The van der Waals surface area contributed by atoms with Gasteiger partial charge < -0.3 is 33.7 Å². The minimum atomic E-state index is -1.91. The van der Waals surface area contributed by atoms with E-state index >= 15 is 0 Å². The van der Waals surface area contributed by atoms with Crippen LogP contribution in [0, 0.1) is 5.92 Å². The Labute approximate surface area is 304 Å². The molecule has 1 fully saturated rings. The summed E-state index contributed by atoms with van der Waals surface area (Å²) in [5.41, 5.74) is 1.01. The van der Waals surface area contributed by atoms with Gasteiger partial charge in [-0.3, -0.25) is 9.69 Å². The number of aromatic nitrogens is 2. The molecule has 0 bridgehead atoms. The molecule has 2 aromatic heterocycles. The zero-order valence-corrected chi connectivity index (χ0v) is 31.7. The second kappa shape index (κ2) is 13.8. The van der Waals surface area contributed by atoms with Crippen LogP contribution in [0.3, 0.4) is 0 Å². The summed E-state index contributed by atoms with van der Waals surface area (Å²) in [6, 6.07) is 6.56. The van der Waals surface area contributed by atoms with Crippen LogP contribution >= 0.6 is 0 Å². The topological polar surface area (TPSA) is 144 Å². The van der Waals surface area contributed by atoms with Crippen molar-refractivity contribution < 1.29 is 33.7 Å². The number of carbonyl (C=O) groups is 3. The fourth-order valence-corrected chi connectivity index (χ4v) is 7.63. The Morgan fingerprint density at radius 2 is 1.81 bits per heavy atom. The molecule has 1 aromatic carbocycles. The lowest BCUT2D eigenvalue weighted by atomic mass is 9.86. The number of rotatable bonds is 8. The summed E-state index contributed by atoms with van der Waals surface area (Å²) in [6.07, 6.45) is 0.890. The standard InChI is InChI=1S/C39H51N5O8/c1-10-39(49)29-16-31-33-25(19-43(31)34(45)28(29)21-50-35(39)46)15-26-27(20-41(8)9)32(12-11-30(26)40-33)51-37(48)44-23(4)17-42(18-24(44)5)36(47)52-38(6,7)14-13-22(2)3/h11-12,15-16,22-24,49H,10,13-14,17-21H2,1-9H3/t23-,24-,39+/m1/s1. The fourth-order valence-electron chi connectivity index (χ4n) is 7.63. The van der Waals surface area contributed by atoms with Gasteiger partial charge in [-0.05, 0) is 91.2 Å². The first-order valence-corrected chi connectivity index (χ1v) is 18.2. The molecular weight excluding hydrogens is 666 g/mol. The Kier molecular flexibility index (Phi) is 9.90. The van der Waals surface area contributed by atoms with Gasteiger partial charge >= 0.3 is 18.2 Å². The monoisotopic (exact) mass is 717 g/mol. The van der Waals surface area contributed by atoms with E-state index in [-0.39, 0.29) is 54.4 Å². The van der Waals surface area contributed by atoms with Gasteiger partial charge in [0.2, 0.25) is 0 Å². The van der Waals surface area contributed by atoms with E-state index in [9.17, 15) is 24.3 Å². The van der Waals surface area contributed by atoms with E-state index in [1.807, 2.05) is 52.8 Å². The normalized spacial score (nSPS) is 21.3. The molecule has 13 nitrogen and oxygen atoms in total. The lowest BCUT2D eigenvalue weighted by molar-refractivity contribution is -0.172. The minimum absolute atomic E-state index is 0.0613. The highest BCUT2D eigenvalue weighted by Gasteiger charge is 2.45. The maximum absolute atomic E-state index is 13.9. The molecule has 5 heterocycles. The summed E-state index contributed by atoms with van der Waals surface area (Å²) in [7, 11) is 3.85. The van der Waals surface area contributed by atoms with Gasteiger partial charge in [-0.25, -0.2) is 19.4 Å². The second-order valence-electron chi connectivity index (χ2n) is 15.9. The summed E-state index contributed by atoms with van der Waals surface area (Å²) >= 11 is 0. The number of piperazine rings is 1. The number of esters is 1. The summed E-state index contributed by atoms with van der Waals surface area (Å²) < 4.78 is 18.9. The van der Waals surface area contributed by atoms with Crippen LogP contribution in [0.25, 0.3) is 22.3 Å². The van der Waals surface area contributed by atoms with Crippen molar-refractivity contribution in [1.82, 2.24) is 24.3 Å². The average Bonchev–Trinajstić information content (AvgIpc) is 3.43.